The van der Waals surface area contributed by atoms with Gasteiger partial charge in [-0.1, -0.05) is 22.0 Å². The fourth-order valence-electron chi connectivity index (χ4n) is 1.01. The highest BCUT2D eigenvalue weighted by molar-refractivity contribution is 9.10. The molecular formula is C12H16BrNOS. The largest absolute Gasteiger partial charge is 0.234 e. The molecule has 4 heteroatoms. The van der Waals surface area contributed by atoms with E-state index in [4.69, 9.17) is 0 Å². The van der Waals surface area contributed by atoms with E-state index < -0.39 is 11.0 Å². The van der Waals surface area contributed by atoms with Crippen LogP contribution in [0.2, 0.25) is 0 Å². The summed E-state index contributed by atoms with van der Waals surface area (Å²) in [7, 11) is -1.20. The summed E-state index contributed by atoms with van der Waals surface area (Å²) < 4.78 is 16.5. The molecule has 0 fully saturated rings. The first-order chi connectivity index (χ1) is 7.30. The highest BCUT2D eigenvalue weighted by Gasteiger charge is 2.18. The first-order valence-electron chi connectivity index (χ1n) is 5.03. The molecule has 16 heavy (non-hydrogen) atoms. The summed E-state index contributed by atoms with van der Waals surface area (Å²) in [5, 5.41) is 0. The van der Waals surface area contributed by atoms with Gasteiger partial charge in [0.05, 0.1) is 4.75 Å². The van der Waals surface area contributed by atoms with Gasteiger partial charge in [-0.2, -0.15) is 4.40 Å². The second kappa shape index (κ2) is 5.23. The van der Waals surface area contributed by atoms with Crippen molar-refractivity contribution in [3.8, 4) is 0 Å². The maximum atomic E-state index is 11.7. The molecule has 0 aliphatic rings. The number of aryl methyl sites for hydroxylation is 1. The predicted molar refractivity (Wildman–Crippen MR) is 74.4 cm³/mol. The second-order valence-electron chi connectivity index (χ2n) is 4.60. The average molecular weight is 302 g/mol. The van der Waals surface area contributed by atoms with Crippen LogP contribution in [0.25, 0.3) is 0 Å². The molecule has 0 aliphatic heterocycles. The summed E-state index contributed by atoms with van der Waals surface area (Å²) in [6.45, 7) is 7.74. The number of benzene rings is 1. The molecule has 2 nitrogen and oxygen atoms in total. The zero-order valence-electron chi connectivity index (χ0n) is 9.95. The summed E-state index contributed by atoms with van der Waals surface area (Å²) in [5.74, 6) is 0. The van der Waals surface area contributed by atoms with Crippen LogP contribution in [0.1, 0.15) is 31.9 Å². The molecule has 0 spiro atoms. The maximum absolute atomic E-state index is 11.7. The smallest absolute Gasteiger partial charge is 0.144 e. The van der Waals surface area contributed by atoms with E-state index in [0.717, 1.165) is 15.6 Å². The number of nitrogens with zero attached hydrogens (tertiary/aromatic N) is 1. The Bertz CT molecular complexity index is 435. The van der Waals surface area contributed by atoms with E-state index in [0.29, 0.717) is 0 Å². The quantitative estimate of drug-likeness (QED) is 0.767. The standard InChI is InChI=1S/C12H16BrNOS/c1-9-5-6-11(13)7-10(9)8-14-16(15)12(2,3)4/h5-8H,1-4H3/t16-/m1/s1. The minimum Gasteiger partial charge on any atom is -0.234 e. The van der Waals surface area contributed by atoms with E-state index >= 15 is 0 Å². The van der Waals surface area contributed by atoms with Crippen LogP contribution in [0, 0.1) is 6.92 Å². The van der Waals surface area contributed by atoms with Crippen molar-refractivity contribution in [2.75, 3.05) is 0 Å². The Balaban J connectivity index is 2.93. The molecule has 1 aromatic rings. The van der Waals surface area contributed by atoms with Crippen LogP contribution in [0.3, 0.4) is 0 Å². The molecule has 0 unspecified atom stereocenters. The van der Waals surface area contributed by atoms with Gasteiger partial charge in [0.1, 0.15) is 11.0 Å². The first-order valence-corrected chi connectivity index (χ1v) is 6.93. The van der Waals surface area contributed by atoms with Crippen LogP contribution in [0.15, 0.2) is 27.1 Å². The van der Waals surface area contributed by atoms with Crippen LogP contribution in [0.5, 0.6) is 0 Å². The van der Waals surface area contributed by atoms with Crippen molar-refractivity contribution < 1.29 is 4.21 Å². The third-order valence-electron chi connectivity index (χ3n) is 2.05. The molecule has 0 aromatic heterocycles. The Morgan fingerprint density at radius 1 is 1.38 bits per heavy atom. The fraction of sp³-hybridized carbons (Fsp3) is 0.417. The zero-order chi connectivity index (χ0) is 12.3. The third kappa shape index (κ3) is 3.83. The maximum Gasteiger partial charge on any atom is 0.144 e. The number of hydrogen-bond donors (Lipinski definition) is 0. The predicted octanol–water partition coefficient (Wildman–Crippen LogP) is 3.64. The van der Waals surface area contributed by atoms with Crippen LogP contribution in [0.4, 0.5) is 0 Å². The lowest BCUT2D eigenvalue weighted by molar-refractivity contribution is 0.651. The molecule has 0 amide bonds. The van der Waals surface area contributed by atoms with Crippen LogP contribution >= 0.6 is 15.9 Å². The highest BCUT2D eigenvalue weighted by Crippen LogP contribution is 2.16. The van der Waals surface area contributed by atoms with Crippen molar-refractivity contribution in [3.63, 3.8) is 0 Å². The van der Waals surface area contributed by atoms with Gasteiger partial charge < -0.3 is 0 Å². The molecule has 88 valence electrons. The molecule has 1 atom stereocenters. The van der Waals surface area contributed by atoms with E-state index in [1.165, 1.54) is 0 Å². The third-order valence-corrected chi connectivity index (χ3v) is 3.89. The Morgan fingerprint density at radius 2 is 2.00 bits per heavy atom. The Kier molecular flexibility index (Phi) is 4.44. The molecule has 0 saturated carbocycles. The number of rotatable bonds is 2. The lowest BCUT2D eigenvalue weighted by Crippen LogP contribution is -2.19. The van der Waals surface area contributed by atoms with Gasteiger partial charge in [0, 0.05) is 10.7 Å². The molecule has 0 saturated heterocycles. The molecule has 0 aliphatic carbocycles. The number of hydrogen-bond acceptors (Lipinski definition) is 1. The van der Waals surface area contributed by atoms with Crippen molar-refractivity contribution in [2.45, 2.75) is 32.4 Å². The van der Waals surface area contributed by atoms with Gasteiger partial charge in [-0.3, -0.25) is 0 Å². The SMILES string of the molecule is Cc1ccc(Br)cc1C=N[S@](=O)C(C)(C)C. The molecule has 1 rings (SSSR count). The molecule has 0 heterocycles. The van der Waals surface area contributed by atoms with Gasteiger partial charge in [0.2, 0.25) is 0 Å². The van der Waals surface area contributed by atoms with Crippen LogP contribution < -0.4 is 0 Å². The summed E-state index contributed by atoms with van der Waals surface area (Å²) in [4.78, 5) is 0. The first kappa shape index (κ1) is 13.6. The minimum atomic E-state index is -1.20. The normalized spacial score (nSPS) is 14.3. The van der Waals surface area contributed by atoms with Crippen LogP contribution in [-0.4, -0.2) is 15.2 Å². The van der Waals surface area contributed by atoms with Crippen molar-refractivity contribution in [1.29, 1.82) is 0 Å². The van der Waals surface area contributed by atoms with Gasteiger partial charge >= 0.3 is 0 Å². The molecule has 1 aromatic carbocycles. The lowest BCUT2D eigenvalue weighted by Gasteiger charge is -2.12. The van der Waals surface area contributed by atoms with E-state index in [9.17, 15) is 4.21 Å². The molecule has 0 bridgehead atoms. The van der Waals surface area contributed by atoms with E-state index in [2.05, 4.69) is 20.3 Å². The van der Waals surface area contributed by atoms with Gasteiger partial charge in [0.15, 0.2) is 0 Å². The lowest BCUT2D eigenvalue weighted by atomic mass is 10.1. The van der Waals surface area contributed by atoms with Crippen molar-refractivity contribution in [1.82, 2.24) is 0 Å². The molecule has 0 radical (unpaired) electrons. The van der Waals surface area contributed by atoms with Crippen LogP contribution in [-0.2, 0) is 11.0 Å². The van der Waals surface area contributed by atoms with Gasteiger partial charge in [-0.05, 0) is 51.0 Å². The van der Waals surface area contributed by atoms with Gasteiger partial charge in [0.25, 0.3) is 0 Å². The molecule has 0 N–H and O–H groups in total. The van der Waals surface area contributed by atoms with E-state index in [-0.39, 0.29) is 4.75 Å². The Morgan fingerprint density at radius 3 is 2.56 bits per heavy atom. The van der Waals surface area contributed by atoms with Crippen molar-refractivity contribution >= 4 is 33.1 Å². The Labute approximate surface area is 108 Å². The second-order valence-corrected chi connectivity index (χ2v) is 7.45. The zero-order valence-corrected chi connectivity index (χ0v) is 12.4. The summed E-state index contributed by atoms with van der Waals surface area (Å²) in [5.41, 5.74) is 2.12. The highest BCUT2D eigenvalue weighted by atomic mass is 79.9. The molecular weight excluding hydrogens is 286 g/mol. The van der Waals surface area contributed by atoms with E-state index in [1.807, 2.05) is 45.9 Å². The van der Waals surface area contributed by atoms with Gasteiger partial charge in [-0.25, -0.2) is 4.21 Å². The average Bonchev–Trinajstić information content (AvgIpc) is 2.17. The Hall–Kier alpha value is -0.480. The monoisotopic (exact) mass is 301 g/mol. The van der Waals surface area contributed by atoms with Gasteiger partial charge in [-0.15, -0.1) is 0 Å². The van der Waals surface area contributed by atoms with Crippen molar-refractivity contribution in [3.05, 3.63) is 33.8 Å². The summed E-state index contributed by atoms with van der Waals surface area (Å²) >= 11 is 3.41. The summed E-state index contributed by atoms with van der Waals surface area (Å²) in [6, 6.07) is 5.96. The fourth-order valence-corrected chi connectivity index (χ4v) is 1.92. The topological polar surface area (TPSA) is 29.4 Å². The minimum absolute atomic E-state index is 0.309. The number of halogens is 1. The summed E-state index contributed by atoms with van der Waals surface area (Å²) in [6.07, 6.45) is 1.68. The van der Waals surface area contributed by atoms with Crippen molar-refractivity contribution in [2.24, 2.45) is 4.40 Å². The van der Waals surface area contributed by atoms with E-state index in [1.54, 1.807) is 6.21 Å².